The summed E-state index contributed by atoms with van der Waals surface area (Å²) in [6.07, 6.45) is 0. The minimum absolute atomic E-state index is 0.0398. The van der Waals surface area contributed by atoms with Gasteiger partial charge in [0, 0.05) is 25.8 Å². The molecule has 0 heterocycles. The summed E-state index contributed by atoms with van der Waals surface area (Å²) in [5.41, 5.74) is 2.30. The SMILES string of the molecule is Cc1ccc(OCC(=O)NCCN(C)c2ccccc2)cc1. The Morgan fingerprint density at radius 3 is 2.45 bits per heavy atom. The lowest BCUT2D eigenvalue weighted by Crippen LogP contribution is -2.35. The van der Waals surface area contributed by atoms with Crippen LogP contribution in [0.5, 0.6) is 5.75 Å². The lowest BCUT2D eigenvalue weighted by Gasteiger charge is -2.19. The topological polar surface area (TPSA) is 41.6 Å². The highest BCUT2D eigenvalue weighted by molar-refractivity contribution is 5.77. The molecule has 1 N–H and O–H groups in total. The summed E-state index contributed by atoms with van der Waals surface area (Å²) in [7, 11) is 2.00. The molecule has 0 bridgehead atoms. The van der Waals surface area contributed by atoms with E-state index in [1.807, 2.05) is 68.6 Å². The molecule has 2 rings (SSSR count). The number of amides is 1. The Bertz CT molecular complexity index is 582. The monoisotopic (exact) mass is 298 g/mol. The fraction of sp³-hybridized carbons (Fsp3) is 0.278. The van der Waals surface area contributed by atoms with E-state index in [0.29, 0.717) is 12.3 Å². The summed E-state index contributed by atoms with van der Waals surface area (Å²) in [5.74, 6) is 0.601. The highest BCUT2D eigenvalue weighted by Crippen LogP contribution is 2.11. The van der Waals surface area contributed by atoms with Gasteiger partial charge in [0.15, 0.2) is 6.61 Å². The molecule has 2 aromatic rings. The molecule has 0 aliphatic rings. The molecule has 4 heteroatoms. The Kier molecular flexibility index (Phi) is 5.83. The van der Waals surface area contributed by atoms with Gasteiger partial charge >= 0.3 is 0 Å². The van der Waals surface area contributed by atoms with Crippen LogP contribution in [0.15, 0.2) is 54.6 Å². The number of hydrogen-bond donors (Lipinski definition) is 1. The second-order valence-corrected chi connectivity index (χ2v) is 5.21. The van der Waals surface area contributed by atoms with Gasteiger partial charge in [0.05, 0.1) is 0 Å². The minimum Gasteiger partial charge on any atom is -0.484 e. The smallest absolute Gasteiger partial charge is 0.258 e. The molecule has 116 valence electrons. The number of ether oxygens (including phenoxy) is 1. The molecule has 0 aromatic heterocycles. The highest BCUT2D eigenvalue weighted by Gasteiger charge is 2.04. The van der Waals surface area contributed by atoms with Gasteiger partial charge in [0.25, 0.3) is 5.91 Å². The molecule has 0 fully saturated rings. The first-order chi connectivity index (χ1) is 10.6. The summed E-state index contributed by atoms with van der Waals surface area (Å²) >= 11 is 0. The van der Waals surface area contributed by atoms with Gasteiger partial charge in [-0.25, -0.2) is 0 Å². The van der Waals surface area contributed by atoms with Crippen LogP contribution in [0.4, 0.5) is 5.69 Å². The molecule has 0 aliphatic carbocycles. The number of carbonyl (C=O) groups excluding carboxylic acids is 1. The quantitative estimate of drug-likeness (QED) is 0.854. The van der Waals surface area contributed by atoms with Crippen LogP contribution in [-0.2, 0) is 4.79 Å². The van der Waals surface area contributed by atoms with Crippen LogP contribution < -0.4 is 15.0 Å². The largest absolute Gasteiger partial charge is 0.484 e. The zero-order valence-electron chi connectivity index (χ0n) is 13.1. The maximum absolute atomic E-state index is 11.7. The molecular weight excluding hydrogens is 276 g/mol. The first-order valence-electron chi connectivity index (χ1n) is 7.37. The number of carbonyl (C=O) groups is 1. The first kappa shape index (κ1) is 15.9. The van der Waals surface area contributed by atoms with Gasteiger partial charge in [0.1, 0.15) is 5.75 Å². The number of aryl methyl sites for hydroxylation is 1. The van der Waals surface area contributed by atoms with Gasteiger partial charge in [-0.1, -0.05) is 35.9 Å². The number of rotatable bonds is 7. The maximum Gasteiger partial charge on any atom is 0.258 e. The third-order valence-electron chi connectivity index (χ3n) is 3.36. The van der Waals surface area contributed by atoms with E-state index in [1.165, 1.54) is 5.56 Å². The molecule has 0 saturated heterocycles. The van der Waals surface area contributed by atoms with E-state index < -0.39 is 0 Å². The minimum atomic E-state index is -0.109. The fourth-order valence-electron chi connectivity index (χ4n) is 2.01. The molecule has 0 saturated carbocycles. The summed E-state index contributed by atoms with van der Waals surface area (Å²) in [6, 6.07) is 17.7. The van der Waals surface area contributed by atoms with E-state index in [0.717, 1.165) is 12.2 Å². The van der Waals surface area contributed by atoms with Crippen LogP contribution in [0.2, 0.25) is 0 Å². The Labute approximate surface area is 131 Å². The zero-order chi connectivity index (χ0) is 15.8. The van der Waals surface area contributed by atoms with Gasteiger partial charge in [-0.2, -0.15) is 0 Å². The third-order valence-corrected chi connectivity index (χ3v) is 3.36. The molecule has 4 nitrogen and oxygen atoms in total. The predicted molar refractivity (Wildman–Crippen MR) is 89.4 cm³/mol. The number of nitrogens with one attached hydrogen (secondary N) is 1. The van der Waals surface area contributed by atoms with Gasteiger partial charge < -0.3 is 15.0 Å². The van der Waals surface area contributed by atoms with Crippen molar-refractivity contribution in [3.8, 4) is 5.75 Å². The van der Waals surface area contributed by atoms with Crippen LogP contribution in [0.1, 0.15) is 5.56 Å². The van der Waals surface area contributed by atoms with E-state index in [-0.39, 0.29) is 12.5 Å². The highest BCUT2D eigenvalue weighted by atomic mass is 16.5. The van der Waals surface area contributed by atoms with Gasteiger partial charge in [-0.3, -0.25) is 4.79 Å². The van der Waals surface area contributed by atoms with E-state index in [2.05, 4.69) is 10.2 Å². The third kappa shape index (κ3) is 5.13. The van der Waals surface area contributed by atoms with Crippen LogP contribution in [-0.4, -0.2) is 32.7 Å². The Hall–Kier alpha value is -2.49. The lowest BCUT2D eigenvalue weighted by molar-refractivity contribution is -0.123. The van der Waals surface area contributed by atoms with Crippen molar-refractivity contribution in [3.05, 3.63) is 60.2 Å². The van der Waals surface area contributed by atoms with Crippen molar-refractivity contribution in [2.75, 3.05) is 31.6 Å². The van der Waals surface area contributed by atoms with Crippen molar-refractivity contribution in [2.45, 2.75) is 6.92 Å². The van der Waals surface area contributed by atoms with Crippen LogP contribution in [0.3, 0.4) is 0 Å². The van der Waals surface area contributed by atoms with Crippen molar-refractivity contribution in [2.24, 2.45) is 0 Å². The van der Waals surface area contributed by atoms with Gasteiger partial charge in [-0.05, 0) is 31.2 Å². The van der Waals surface area contributed by atoms with Crippen molar-refractivity contribution in [1.82, 2.24) is 5.32 Å². The van der Waals surface area contributed by atoms with E-state index in [9.17, 15) is 4.79 Å². The number of benzene rings is 2. The number of anilines is 1. The van der Waals surface area contributed by atoms with Crippen molar-refractivity contribution >= 4 is 11.6 Å². The standard InChI is InChI=1S/C18H22N2O2/c1-15-8-10-17(11-9-15)22-14-18(21)19-12-13-20(2)16-6-4-3-5-7-16/h3-11H,12-14H2,1-2H3,(H,19,21). The number of nitrogens with zero attached hydrogens (tertiary/aromatic N) is 1. The Morgan fingerprint density at radius 1 is 1.09 bits per heavy atom. The van der Waals surface area contributed by atoms with E-state index in [1.54, 1.807) is 0 Å². The van der Waals surface area contributed by atoms with E-state index >= 15 is 0 Å². The molecule has 0 spiro atoms. The van der Waals surface area contributed by atoms with Gasteiger partial charge in [0.2, 0.25) is 0 Å². The van der Waals surface area contributed by atoms with Crippen LogP contribution >= 0.6 is 0 Å². The second-order valence-electron chi connectivity index (χ2n) is 5.21. The normalized spacial score (nSPS) is 10.1. The Morgan fingerprint density at radius 2 is 1.77 bits per heavy atom. The summed E-state index contributed by atoms with van der Waals surface area (Å²) in [6.45, 7) is 3.39. The number of para-hydroxylation sites is 1. The average Bonchev–Trinajstić information content (AvgIpc) is 2.55. The predicted octanol–water partition coefficient (Wildman–Crippen LogP) is 2.63. The van der Waals surface area contributed by atoms with Crippen LogP contribution in [0.25, 0.3) is 0 Å². The molecule has 0 aliphatic heterocycles. The molecular formula is C18H22N2O2. The zero-order valence-corrected chi connectivity index (χ0v) is 13.1. The summed E-state index contributed by atoms with van der Waals surface area (Å²) in [4.78, 5) is 13.8. The van der Waals surface area contributed by atoms with Gasteiger partial charge in [-0.15, -0.1) is 0 Å². The first-order valence-corrected chi connectivity index (χ1v) is 7.37. The maximum atomic E-state index is 11.7. The average molecular weight is 298 g/mol. The second kappa shape index (κ2) is 8.08. The molecule has 0 unspecified atom stereocenters. The fourth-order valence-corrected chi connectivity index (χ4v) is 2.01. The van der Waals surface area contributed by atoms with Crippen LogP contribution in [0, 0.1) is 6.92 Å². The summed E-state index contributed by atoms with van der Waals surface area (Å²) < 4.78 is 5.44. The Balaban J connectivity index is 1.66. The molecule has 0 atom stereocenters. The molecule has 22 heavy (non-hydrogen) atoms. The van der Waals surface area contributed by atoms with E-state index in [4.69, 9.17) is 4.74 Å². The van der Waals surface area contributed by atoms with Crippen molar-refractivity contribution < 1.29 is 9.53 Å². The molecule has 0 radical (unpaired) electrons. The number of likely N-dealkylation sites (N-methyl/N-ethyl adjacent to an activating group) is 1. The molecule has 1 amide bonds. The molecule has 2 aromatic carbocycles. The van der Waals surface area contributed by atoms with Crippen molar-refractivity contribution in [1.29, 1.82) is 0 Å². The number of hydrogen-bond acceptors (Lipinski definition) is 3. The lowest BCUT2D eigenvalue weighted by atomic mass is 10.2. The van der Waals surface area contributed by atoms with Crippen molar-refractivity contribution in [3.63, 3.8) is 0 Å². The summed E-state index contributed by atoms with van der Waals surface area (Å²) in [5, 5.41) is 2.86.